The van der Waals surface area contributed by atoms with E-state index < -0.39 is 0 Å². The number of hydrogen-bond donors (Lipinski definition) is 1. The Balaban J connectivity index is 0.000000561. The van der Waals surface area contributed by atoms with E-state index in [1.54, 1.807) is 6.07 Å². The third kappa shape index (κ3) is 3.05. The van der Waals surface area contributed by atoms with Gasteiger partial charge in [0.05, 0.1) is 0 Å². The summed E-state index contributed by atoms with van der Waals surface area (Å²) < 4.78 is 0.695. The first kappa shape index (κ1) is 11.2. The molecular weight excluding hydrogens is 220 g/mol. The molecule has 0 unspecified atom stereocenters. The van der Waals surface area contributed by atoms with Gasteiger partial charge in [-0.25, -0.2) is 0 Å². The van der Waals surface area contributed by atoms with E-state index in [0.717, 1.165) is 0 Å². The molecule has 0 fully saturated rings. The number of carbonyl (C=O) groups is 1. The van der Waals surface area contributed by atoms with Gasteiger partial charge in [0.1, 0.15) is 5.75 Å². The maximum absolute atomic E-state index is 10.2. The second kappa shape index (κ2) is 5.77. The molecule has 12 heavy (non-hydrogen) atoms. The number of carbonyl (C=O) groups excluding carboxylic acids is 1. The van der Waals surface area contributed by atoms with Crippen molar-refractivity contribution in [3.8, 4) is 5.75 Å². The molecule has 0 saturated carbocycles. The van der Waals surface area contributed by atoms with E-state index in [1.165, 1.54) is 12.1 Å². The number of phenols is 1. The van der Waals surface area contributed by atoms with Crippen molar-refractivity contribution in [2.75, 3.05) is 0 Å². The van der Waals surface area contributed by atoms with Crippen LogP contribution in [0, 0.1) is 0 Å². The number of halogens is 1. The van der Waals surface area contributed by atoms with Crippen molar-refractivity contribution < 1.29 is 9.90 Å². The summed E-state index contributed by atoms with van der Waals surface area (Å²) in [5.74, 6) is 0.102. The van der Waals surface area contributed by atoms with E-state index in [0.29, 0.717) is 16.3 Å². The lowest BCUT2D eigenvalue weighted by Crippen LogP contribution is -1.79. The third-order valence-electron chi connectivity index (χ3n) is 1.11. The Morgan fingerprint density at radius 2 is 2.00 bits per heavy atom. The highest BCUT2D eigenvalue weighted by atomic mass is 79.9. The summed E-state index contributed by atoms with van der Waals surface area (Å²) in [6.07, 6.45) is 0.684. The minimum Gasteiger partial charge on any atom is -0.508 e. The van der Waals surface area contributed by atoms with Crippen LogP contribution in [0.5, 0.6) is 5.75 Å². The van der Waals surface area contributed by atoms with E-state index in [4.69, 9.17) is 5.11 Å². The van der Waals surface area contributed by atoms with Gasteiger partial charge in [-0.15, -0.1) is 0 Å². The lowest BCUT2D eigenvalue weighted by molar-refractivity contribution is 0.112. The average Bonchev–Trinajstić information content (AvgIpc) is 2.13. The molecule has 0 heterocycles. The SMILES string of the molecule is CC.O=Cc1cc(O)ccc1Br. The fraction of sp³-hybridized carbons (Fsp3) is 0.222. The Kier molecular flexibility index (Phi) is 5.37. The third-order valence-corrected chi connectivity index (χ3v) is 1.83. The van der Waals surface area contributed by atoms with E-state index in [-0.39, 0.29) is 5.75 Å². The maximum atomic E-state index is 10.2. The minimum absolute atomic E-state index is 0.102. The molecule has 0 amide bonds. The highest BCUT2D eigenvalue weighted by Gasteiger charge is 1.97. The van der Waals surface area contributed by atoms with E-state index >= 15 is 0 Å². The molecule has 0 atom stereocenters. The van der Waals surface area contributed by atoms with Gasteiger partial charge < -0.3 is 5.11 Å². The molecule has 3 heteroatoms. The molecule has 1 aromatic carbocycles. The number of aromatic hydroxyl groups is 1. The molecule has 0 aliphatic rings. The predicted octanol–water partition coefficient (Wildman–Crippen LogP) is 2.99. The van der Waals surface area contributed by atoms with Crippen LogP contribution in [-0.4, -0.2) is 11.4 Å². The molecule has 0 bridgehead atoms. The van der Waals surface area contributed by atoms with Crippen LogP contribution in [0.4, 0.5) is 0 Å². The summed E-state index contributed by atoms with van der Waals surface area (Å²) in [6, 6.07) is 4.53. The maximum Gasteiger partial charge on any atom is 0.151 e. The van der Waals surface area contributed by atoms with Gasteiger partial charge >= 0.3 is 0 Å². The first-order chi connectivity index (χ1) is 5.74. The minimum atomic E-state index is 0.102. The lowest BCUT2D eigenvalue weighted by atomic mass is 10.2. The monoisotopic (exact) mass is 230 g/mol. The van der Waals surface area contributed by atoms with Gasteiger partial charge in [-0.3, -0.25) is 4.79 Å². The molecule has 0 aromatic heterocycles. The topological polar surface area (TPSA) is 37.3 Å². The van der Waals surface area contributed by atoms with Crippen molar-refractivity contribution in [2.24, 2.45) is 0 Å². The van der Waals surface area contributed by atoms with Crippen LogP contribution in [0.15, 0.2) is 22.7 Å². The molecular formula is C9H11BrO2. The van der Waals surface area contributed by atoms with E-state index in [2.05, 4.69) is 15.9 Å². The van der Waals surface area contributed by atoms with Crippen LogP contribution in [0.3, 0.4) is 0 Å². The van der Waals surface area contributed by atoms with Crippen molar-refractivity contribution in [3.05, 3.63) is 28.2 Å². The zero-order chi connectivity index (χ0) is 9.56. The Morgan fingerprint density at radius 1 is 1.42 bits per heavy atom. The highest BCUT2D eigenvalue weighted by molar-refractivity contribution is 9.10. The van der Waals surface area contributed by atoms with Crippen LogP contribution in [0.1, 0.15) is 24.2 Å². The zero-order valence-corrected chi connectivity index (χ0v) is 8.63. The van der Waals surface area contributed by atoms with Gasteiger partial charge in [0, 0.05) is 10.0 Å². The van der Waals surface area contributed by atoms with Crippen molar-refractivity contribution in [2.45, 2.75) is 13.8 Å². The van der Waals surface area contributed by atoms with Crippen LogP contribution in [0.2, 0.25) is 0 Å². The molecule has 1 aromatic rings. The standard InChI is InChI=1S/C7H5BrO2.C2H6/c8-7-2-1-6(10)3-5(7)4-9;1-2/h1-4,10H;1-2H3. The van der Waals surface area contributed by atoms with Crippen LogP contribution >= 0.6 is 15.9 Å². The zero-order valence-electron chi connectivity index (χ0n) is 7.04. The van der Waals surface area contributed by atoms with Crippen molar-refractivity contribution in [1.82, 2.24) is 0 Å². The number of benzene rings is 1. The summed E-state index contributed by atoms with van der Waals surface area (Å²) >= 11 is 3.15. The smallest absolute Gasteiger partial charge is 0.151 e. The predicted molar refractivity (Wildman–Crippen MR) is 52.5 cm³/mol. The van der Waals surface area contributed by atoms with Crippen LogP contribution < -0.4 is 0 Å². The number of rotatable bonds is 1. The summed E-state index contributed by atoms with van der Waals surface area (Å²) in [5.41, 5.74) is 0.458. The van der Waals surface area contributed by atoms with Crippen molar-refractivity contribution in [1.29, 1.82) is 0 Å². The van der Waals surface area contributed by atoms with Crippen LogP contribution in [0.25, 0.3) is 0 Å². The summed E-state index contributed by atoms with van der Waals surface area (Å²) in [7, 11) is 0. The summed E-state index contributed by atoms with van der Waals surface area (Å²) in [4.78, 5) is 10.2. The summed E-state index contributed by atoms with van der Waals surface area (Å²) in [5, 5.41) is 8.89. The van der Waals surface area contributed by atoms with Gasteiger partial charge in [0.2, 0.25) is 0 Å². The van der Waals surface area contributed by atoms with E-state index in [9.17, 15) is 4.79 Å². The van der Waals surface area contributed by atoms with Gasteiger partial charge in [0.15, 0.2) is 6.29 Å². The molecule has 0 radical (unpaired) electrons. The molecule has 2 nitrogen and oxygen atoms in total. The Morgan fingerprint density at radius 3 is 2.42 bits per heavy atom. The first-order valence-corrected chi connectivity index (χ1v) is 4.47. The number of aldehydes is 1. The second-order valence-corrected chi connectivity index (χ2v) is 2.68. The Labute approximate surface area is 80.4 Å². The van der Waals surface area contributed by atoms with Gasteiger partial charge in [0.25, 0.3) is 0 Å². The second-order valence-electron chi connectivity index (χ2n) is 1.82. The number of phenolic OH excluding ortho intramolecular Hbond substituents is 1. The van der Waals surface area contributed by atoms with E-state index in [1.807, 2.05) is 13.8 Å². The van der Waals surface area contributed by atoms with Crippen molar-refractivity contribution in [3.63, 3.8) is 0 Å². The molecule has 66 valence electrons. The molecule has 0 saturated heterocycles. The Hall–Kier alpha value is -0.830. The molecule has 1 N–H and O–H groups in total. The van der Waals surface area contributed by atoms with Crippen molar-refractivity contribution >= 4 is 22.2 Å². The first-order valence-electron chi connectivity index (χ1n) is 3.68. The highest BCUT2D eigenvalue weighted by Crippen LogP contribution is 2.19. The van der Waals surface area contributed by atoms with Gasteiger partial charge in [-0.05, 0) is 18.2 Å². The average molecular weight is 231 g/mol. The molecule has 0 aliphatic heterocycles. The molecule has 0 aliphatic carbocycles. The Bertz CT molecular complexity index is 259. The van der Waals surface area contributed by atoms with Gasteiger partial charge in [-0.2, -0.15) is 0 Å². The fourth-order valence-corrected chi connectivity index (χ4v) is 0.962. The fourth-order valence-electron chi connectivity index (χ4n) is 0.621. The quantitative estimate of drug-likeness (QED) is 0.754. The lowest BCUT2D eigenvalue weighted by Gasteiger charge is -1.94. The van der Waals surface area contributed by atoms with Gasteiger partial charge in [-0.1, -0.05) is 29.8 Å². The normalized spacial score (nSPS) is 8.25. The van der Waals surface area contributed by atoms with Crippen LogP contribution in [-0.2, 0) is 0 Å². The summed E-state index contributed by atoms with van der Waals surface area (Å²) in [6.45, 7) is 4.00. The molecule has 1 rings (SSSR count). The number of hydrogen-bond acceptors (Lipinski definition) is 2. The molecule has 0 spiro atoms. The largest absolute Gasteiger partial charge is 0.508 e.